The molecular formula is C24H21ClN4O3. The van der Waals surface area contributed by atoms with Crippen LogP contribution in [-0.2, 0) is 6.54 Å². The lowest BCUT2D eigenvalue weighted by atomic mass is 10.1. The number of halogens is 1. The summed E-state index contributed by atoms with van der Waals surface area (Å²) in [5, 5.41) is 7.74. The maximum atomic E-state index is 13.1. The first kappa shape index (κ1) is 21.4. The Balaban J connectivity index is 1.60. The quantitative estimate of drug-likeness (QED) is 0.473. The van der Waals surface area contributed by atoms with Gasteiger partial charge in [0.2, 0.25) is 0 Å². The number of carbonyl (C=O) groups is 2. The molecule has 4 rings (SSSR count). The molecule has 1 N–H and O–H groups in total. The Hall–Kier alpha value is -3.84. The van der Waals surface area contributed by atoms with Gasteiger partial charge in [-0.15, -0.1) is 0 Å². The van der Waals surface area contributed by atoms with E-state index in [1.807, 2.05) is 30.3 Å². The van der Waals surface area contributed by atoms with Gasteiger partial charge < -0.3 is 14.6 Å². The summed E-state index contributed by atoms with van der Waals surface area (Å²) in [4.78, 5) is 26.4. The van der Waals surface area contributed by atoms with Crippen molar-refractivity contribution in [2.24, 2.45) is 0 Å². The highest BCUT2D eigenvalue weighted by molar-refractivity contribution is 6.30. The van der Waals surface area contributed by atoms with Crippen LogP contribution in [0.5, 0.6) is 0 Å². The van der Waals surface area contributed by atoms with Crippen LogP contribution in [0, 0.1) is 0 Å². The first-order valence-electron chi connectivity index (χ1n) is 9.92. The second kappa shape index (κ2) is 9.11. The summed E-state index contributed by atoms with van der Waals surface area (Å²) in [6, 6.07) is 19.6. The Morgan fingerprint density at radius 1 is 1.09 bits per heavy atom. The molecule has 0 atom stereocenters. The molecule has 0 spiro atoms. The lowest BCUT2D eigenvalue weighted by Gasteiger charge is -2.16. The molecule has 0 bridgehead atoms. The molecule has 8 heteroatoms. The van der Waals surface area contributed by atoms with E-state index in [9.17, 15) is 9.59 Å². The summed E-state index contributed by atoms with van der Waals surface area (Å²) in [5.41, 5.74) is 3.17. The SMILES string of the molecule is CNC(=O)c1ccc(CN(C)C(=O)c2cc(-c3ccco3)n(-c3ccc(Cl)cc3)n2)cc1. The molecule has 2 aromatic heterocycles. The van der Waals surface area contributed by atoms with E-state index >= 15 is 0 Å². The molecule has 0 radical (unpaired) electrons. The topological polar surface area (TPSA) is 80.4 Å². The second-order valence-corrected chi connectivity index (χ2v) is 7.65. The summed E-state index contributed by atoms with van der Waals surface area (Å²) in [6.45, 7) is 0.372. The predicted octanol–water partition coefficient (Wildman–Crippen LogP) is 4.42. The van der Waals surface area contributed by atoms with E-state index in [2.05, 4.69) is 10.4 Å². The highest BCUT2D eigenvalue weighted by atomic mass is 35.5. The minimum absolute atomic E-state index is 0.154. The van der Waals surface area contributed by atoms with Crippen molar-refractivity contribution in [3.63, 3.8) is 0 Å². The third kappa shape index (κ3) is 4.43. The molecule has 0 saturated heterocycles. The van der Waals surface area contributed by atoms with E-state index < -0.39 is 0 Å². The largest absolute Gasteiger partial charge is 0.463 e. The molecule has 32 heavy (non-hydrogen) atoms. The standard InChI is InChI=1S/C24H21ClN4O3/c1-26-23(30)17-7-5-16(6-8-17)15-28(2)24(31)20-14-21(22-4-3-13-32-22)29(27-20)19-11-9-18(25)10-12-19/h3-14H,15H2,1-2H3,(H,26,30). The first-order chi connectivity index (χ1) is 15.5. The molecule has 0 aliphatic rings. The maximum Gasteiger partial charge on any atom is 0.274 e. The normalized spacial score (nSPS) is 10.7. The van der Waals surface area contributed by atoms with Gasteiger partial charge in [-0.3, -0.25) is 9.59 Å². The van der Waals surface area contributed by atoms with E-state index in [1.54, 1.807) is 66.3 Å². The van der Waals surface area contributed by atoms with E-state index in [0.717, 1.165) is 11.3 Å². The Bertz CT molecular complexity index is 1230. The molecule has 2 aromatic carbocycles. The Labute approximate surface area is 190 Å². The van der Waals surface area contributed by atoms with Crippen molar-refractivity contribution in [2.75, 3.05) is 14.1 Å². The van der Waals surface area contributed by atoms with Gasteiger partial charge >= 0.3 is 0 Å². The fraction of sp³-hybridized carbons (Fsp3) is 0.125. The number of hydrogen-bond donors (Lipinski definition) is 1. The average Bonchev–Trinajstić information content (AvgIpc) is 3.49. The number of furan rings is 1. The zero-order valence-corrected chi connectivity index (χ0v) is 18.3. The van der Waals surface area contributed by atoms with Crippen LogP contribution >= 0.6 is 11.6 Å². The van der Waals surface area contributed by atoms with Crippen molar-refractivity contribution in [1.82, 2.24) is 20.0 Å². The van der Waals surface area contributed by atoms with Gasteiger partial charge in [-0.2, -0.15) is 5.10 Å². The minimum Gasteiger partial charge on any atom is -0.463 e. The van der Waals surface area contributed by atoms with Crippen LogP contribution in [0.4, 0.5) is 0 Å². The fourth-order valence-electron chi connectivity index (χ4n) is 3.31. The smallest absolute Gasteiger partial charge is 0.274 e. The van der Waals surface area contributed by atoms with Gasteiger partial charge in [0.1, 0.15) is 5.69 Å². The average molecular weight is 449 g/mol. The first-order valence-corrected chi connectivity index (χ1v) is 10.3. The van der Waals surface area contributed by atoms with Crippen LogP contribution in [0.15, 0.2) is 77.4 Å². The lowest BCUT2D eigenvalue weighted by Crippen LogP contribution is -2.26. The Morgan fingerprint density at radius 2 is 1.81 bits per heavy atom. The van der Waals surface area contributed by atoms with Crippen LogP contribution in [0.3, 0.4) is 0 Å². The number of nitrogens with zero attached hydrogens (tertiary/aromatic N) is 3. The summed E-state index contributed by atoms with van der Waals surface area (Å²) in [7, 11) is 3.30. The molecule has 2 heterocycles. The van der Waals surface area contributed by atoms with E-state index in [1.165, 1.54) is 0 Å². The van der Waals surface area contributed by atoms with Gasteiger partial charge in [-0.25, -0.2) is 4.68 Å². The van der Waals surface area contributed by atoms with Crippen LogP contribution in [0.25, 0.3) is 17.1 Å². The van der Waals surface area contributed by atoms with Crippen molar-refractivity contribution in [3.05, 3.63) is 94.8 Å². The van der Waals surface area contributed by atoms with Gasteiger partial charge in [-0.05, 0) is 54.1 Å². The van der Waals surface area contributed by atoms with Gasteiger partial charge in [0, 0.05) is 37.3 Å². The molecule has 4 aromatic rings. The molecule has 0 aliphatic carbocycles. The van der Waals surface area contributed by atoms with Crippen LogP contribution in [0.2, 0.25) is 5.02 Å². The third-order valence-corrected chi connectivity index (χ3v) is 5.23. The molecule has 0 fully saturated rings. The van der Waals surface area contributed by atoms with Gasteiger partial charge in [-0.1, -0.05) is 23.7 Å². The molecule has 0 saturated carbocycles. The van der Waals surface area contributed by atoms with Crippen molar-refractivity contribution < 1.29 is 14.0 Å². The van der Waals surface area contributed by atoms with Gasteiger partial charge in [0.15, 0.2) is 11.5 Å². The number of amides is 2. The molecular weight excluding hydrogens is 428 g/mol. The number of nitrogens with one attached hydrogen (secondary N) is 1. The van der Waals surface area contributed by atoms with Crippen LogP contribution in [0.1, 0.15) is 26.4 Å². The molecule has 162 valence electrons. The van der Waals surface area contributed by atoms with Crippen LogP contribution < -0.4 is 5.32 Å². The van der Waals surface area contributed by atoms with Gasteiger partial charge in [0.05, 0.1) is 12.0 Å². The monoisotopic (exact) mass is 448 g/mol. The summed E-state index contributed by atoms with van der Waals surface area (Å²) >= 11 is 6.02. The number of rotatable bonds is 6. The third-order valence-electron chi connectivity index (χ3n) is 4.98. The Kier molecular flexibility index (Phi) is 6.09. The number of benzene rings is 2. The summed E-state index contributed by atoms with van der Waals surface area (Å²) < 4.78 is 7.21. The van der Waals surface area contributed by atoms with E-state index in [0.29, 0.717) is 28.6 Å². The predicted molar refractivity (Wildman–Crippen MR) is 122 cm³/mol. The zero-order chi connectivity index (χ0) is 22.7. The van der Waals surface area contributed by atoms with Crippen molar-refractivity contribution in [1.29, 1.82) is 0 Å². The van der Waals surface area contributed by atoms with Crippen molar-refractivity contribution >= 4 is 23.4 Å². The molecule has 0 unspecified atom stereocenters. The minimum atomic E-state index is -0.235. The van der Waals surface area contributed by atoms with Crippen molar-refractivity contribution in [2.45, 2.75) is 6.54 Å². The summed E-state index contributed by atoms with van der Waals surface area (Å²) in [6.07, 6.45) is 1.57. The molecule has 2 amide bonds. The highest BCUT2D eigenvalue weighted by Gasteiger charge is 2.21. The van der Waals surface area contributed by atoms with Crippen LogP contribution in [-0.4, -0.2) is 40.6 Å². The number of aromatic nitrogens is 2. The maximum absolute atomic E-state index is 13.1. The lowest BCUT2D eigenvalue weighted by molar-refractivity contribution is 0.0778. The number of hydrogen-bond acceptors (Lipinski definition) is 4. The van der Waals surface area contributed by atoms with E-state index in [4.69, 9.17) is 16.0 Å². The molecule has 0 aliphatic heterocycles. The summed E-state index contributed by atoms with van der Waals surface area (Å²) in [5.74, 6) is 0.207. The highest BCUT2D eigenvalue weighted by Crippen LogP contribution is 2.26. The van der Waals surface area contributed by atoms with Crippen molar-refractivity contribution in [3.8, 4) is 17.1 Å². The molecule has 7 nitrogen and oxygen atoms in total. The Morgan fingerprint density at radius 3 is 2.44 bits per heavy atom. The number of carbonyl (C=O) groups excluding carboxylic acids is 2. The van der Waals surface area contributed by atoms with Gasteiger partial charge in [0.25, 0.3) is 11.8 Å². The van der Waals surface area contributed by atoms with E-state index in [-0.39, 0.29) is 17.5 Å². The fourth-order valence-corrected chi connectivity index (χ4v) is 3.44. The second-order valence-electron chi connectivity index (χ2n) is 7.22. The zero-order valence-electron chi connectivity index (χ0n) is 17.6.